The maximum atomic E-state index is 12.6. The highest BCUT2D eigenvalue weighted by Crippen LogP contribution is 2.42. The molecule has 1 N–H and O–H groups in total. The van der Waals surface area contributed by atoms with Crippen LogP contribution in [0.5, 0.6) is 5.75 Å². The lowest BCUT2D eigenvalue weighted by atomic mass is 9.78. The van der Waals surface area contributed by atoms with Gasteiger partial charge in [0.15, 0.2) is 5.78 Å². The molecule has 1 aromatic rings. The summed E-state index contributed by atoms with van der Waals surface area (Å²) in [4.78, 5) is 25.0. The highest BCUT2D eigenvalue weighted by atomic mass is 16.5. The molecule has 0 saturated heterocycles. The van der Waals surface area contributed by atoms with E-state index in [9.17, 15) is 9.59 Å². The molecule has 0 spiro atoms. The fourth-order valence-electron chi connectivity index (χ4n) is 3.26. The minimum atomic E-state index is -0.513. The van der Waals surface area contributed by atoms with Crippen molar-refractivity contribution >= 4 is 11.8 Å². The van der Waals surface area contributed by atoms with E-state index in [-0.39, 0.29) is 12.4 Å². The third-order valence-electron chi connectivity index (χ3n) is 4.16. The van der Waals surface area contributed by atoms with Crippen molar-refractivity contribution in [3.8, 4) is 5.75 Å². The SMILES string of the molecule is CCOC(=O)C1=C(C)NC(C)=C(C(C)=O)C1c1ccccc1OCC. The van der Waals surface area contributed by atoms with Crippen LogP contribution in [0.1, 0.15) is 46.1 Å². The molecule has 0 bridgehead atoms. The second-order valence-electron chi connectivity index (χ2n) is 5.88. The van der Waals surface area contributed by atoms with E-state index in [1.165, 1.54) is 6.92 Å². The number of benzene rings is 1. The fourth-order valence-corrected chi connectivity index (χ4v) is 3.26. The molecule has 1 aliphatic heterocycles. The minimum Gasteiger partial charge on any atom is -0.494 e. The molecule has 0 amide bonds. The number of rotatable bonds is 6. The summed E-state index contributed by atoms with van der Waals surface area (Å²) in [6, 6.07) is 7.50. The van der Waals surface area contributed by atoms with Crippen LogP contribution in [0.4, 0.5) is 0 Å². The molecular weight excluding hydrogens is 318 g/mol. The molecule has 0 radical (unpaired) electrons. The molecule has 5 nitrogen and oxygen atoms in total. The molecule has 1 atom stereocenters. The van der Waals surface area contributed by atoms with Crippen LogP contribution in [0, 0.1) is 0 Å². The van der Waals surface area contributed by atoms with Crippen molar-refractivity contribution in [1.82, 2.24) is 5.32 Å². The third kappa shape index (κ3) is 3.76. The molecule has 0 fully saturated rings. The van der Waals surface area contributed by atoms with Crippen LogP contribution in [0.2, 0.25) is 0 Å². The average molecular weight is 343 g/mol. The van der Waals surface area contributed by atoms with Crippen molar-refractivity contribution in [2.45, 2.75) is 40.5 Å². The number of hydrogen-bond donors (Lipinski definition) is 1. The Kier molecular flexibility index (Phi) is 6.02. The van der Waals surface area contributed by atoms with Gasteiger partial charge in [0, 0.05) is 22.5 Å². The Bertz CT molecular complexity index is 746. The van der Waals surface area contributed by atoms with Crippen LogP contribution in [-0.2, 0) is 14.3 Å². The number of para-hydroxylation sites is 1. The van der Waals surface area contributed by atoms with Gasteiger partial charge in [-0.3, -0.25) is 4.79 Å². The van der Waals surface area contributed by atoms with Crippen LogP contribution in [-0.4, -0.2) is 25.0 Å². The van der Waals surface area contributed by atoms with Gasteiger partial charge in [-0.05, 0) is 40.7 Å². The average Bonchev–Trinajstić information content (AvgIpc) is 2.54. The van der Waals surface area contributed by atoms with Gasteiger partial charge in [0.05, 0.1) is 24.7 Å². The van der Waals surface area contributed by atoms with Crippen LogP contribution >= 0.6 is 0 Å². The van der Waals surface area contributed by atoms with Gasteiger partial charge < -0.3 is 14.8 Å². The highest BCUT2D eigenvalue weighted by Gasteiger charge is 2.37. The standard InChI is InChI=1S/C20H25NO4/c1-6-24-16-11-9-8-10-15(16)19-17(14(5)22)12(3)21-13(4)18(19)20(23)25-7-2/h8-11,19,21H,6-7H2,1-5H3. The smallest absolute Gasteiger partial charge is 0.336 e. The number of Topliss-reactive ketones (excluding diaryl/α,β-unsaturated/α-hetero) is 1. The number of nitrogens with one attached hydrogen (secondary N) is 1. The number of dihydropyridines is 1. The Hall–Kier alpha value is -2.56. The van der Waals surface area contributed by atoms with Crippen LogP contribution in [0.15, 0.2) is 46.8 Å². The van der Waals surface area contributed by atoms with E-state index in [0.717, 1.165) is 11.3 Å². The largest absolute Gasteiger partial charge is 0.494 e. The number of carbonyl (C=O) groups excluding carboxylic acids is 2. The Morgan fingerprint density at radius 3 is 2.28 bits per heavy atom. The summed E-state index contributed by atoms with van der Waals surface area (Å²) in [6.45, 7) is 9.62. The van der Waals surface area contributed by atoms with E-state index in [4.69, 9.17) is 9.47 Å². The van der Waals surface area contributed by atoms with Gasteiger partial charge in [-0.2, -0.15) is 0 Å². The highest BCUT2D eigenvalue weighted by molar-refractivity contribution is 6.02. The monoisotopic (exact) mass is 343 g/mol. The van der Waals surface area contributed by atoms with Crippen molar-refractivity contribution in [1.29, 1.82) is 0 Å². The zero-order valence-electron chi connectivity index (χ0n) is 15.4. The summed E-state index contributed by atoms with van der Waals surface area (Å²) in [5.74, 6) is -0.357. The van der Waals surface area contributed by atoms with Gasteiger partial charge in [-0.25, -0.2) is 4.79 Å². The van der Waals surface area contributed by atoms with Crippen molar-refractivity contribution in [3.05, 3.63) is 52.4 Å². The van der Waals surface area contributed by atoms with Crippen molar-refractivity contribution in [2.75, 3.05) is 13.2 Å². The lowest BCUT2D eigenvalue weighted by Crippen LogP contribution is -2.31. The molecule has 1 unspecified atom stereocenters. The first-order valence-electron chi connectivity index (χ1n) is 8.50. The second-order valence-corrected chi connectivity index (χ2v) is 5.88. The molecule has 1 heterocycles. The predicted molar refractivity (Wildman–Crippen MR) is 96.2 cm³/mol. The zero-order valence-corrected chi connectivity index (χ0v) is 15.4. The Balaban J connectivity index is 2.70. The Morgan fingerprint density at radius 1 is 1.04 bits per heavy atom. The molecule has 1 aromatic carbocycles. The molecule has 0 aliphatic carbocycles. The molecule has 2 rings (SSSR count). The summed E-state index contributed by atoms with van der Waals surface area (Å²) >= 11 is 0. The van der Waals surface area contributed by atoms with Gasteiger partial charge in [0.25, 0.3) is 0 Å². The number of allylic oxidation sites excluding steroid dienone is 3. The van der Waals surface area contributed by atoms with Gasteiger partial charge in [-0.1, -0.05) is 18.2 Å². The van der Waals surface area contributed by atoms with Gasteiger partial charge >= 0.3 is 5.97 Å². The second kappa shape index (κ2) is 8.01. The number of ether oxygens (including phenoxy) is 2. The summed E-state index contributed by atoms with van der Waals surface area (Å²) in [7, 11) is 0. The Labute approximate surface area is 148 Å². The first-order chi connectivity index (χ1) is 11.9. The van der Waals surface area contributed by atoms with Crippen molar-refractivity contribution in [3.63, 3.8) is 0 Å². The van der Waals surface area contributed by atoms with E-state index in [2.05, 4.69) is 5.32 Å². The van der Waals surface area contributed by atoms with E-state index in [1.54, 1.807) is 6.92 Å². The maximum Gasteiger partial charge on any atom is 0.336 e. The van der Waals surface area contributed by atoms with Crippen molar-refractivity contribution < 1.29 is 19.1 Å². The zero-order chi connectivity index (χ0) is 18.6. The number of esters is 1. The number of carbonyl (C=O) groups is 2. The van der Waals surface area contributed by atoms with Crippen LogP contribution in [0.25, 0.3) is 0 Å². The molecule has 0 saturated carbocycles. The quantitative estimate of drug-likeness (QED) is 0.801. The first kappa shape index (κ1) is 18.8. The van der Waals surface area contributed by atoms with Crippen LogP contribution in [0.3, 0.4) is 0 Å². The van der Waals surface area contributed by atoms with Gasteiger partial charge in [0.1, 0.15) is 5.75 Å². The Morgan fingerprint density at radius 2 is 1.68 bits per heavy atom. The molecule has 0 aromatic heterocycles. The third-order valence-corrected chi connectivity index (χ3v) is 4.16. The lowest BCUT2D eigenvalue weighted by Gasteiger charge is -2.31. The summed E-state index contributed by atoms with van der Waals surface area (Å²) in [5.41, 5.74) is 3.23. The molecule has 5 heteroatoms. The summed E-state index contributed by atoms with van der Waals surface area (Å²) < 4.78 is 11.0. The molecule has 134 valence electrons. The lowest BCUT2D eigenvalue weighted by molar-refractivity contribution is -0.138. The topological polar surface area (TPSA) is 64.6 Å². The van der Waals surface area contributed by atoms with E-state index in [1.807, 2.05) is 45.0 Å². The van der Waals surface area contributed by atoms with E-state index in [0.29, 0.717) is 29.2 Å². The van der Waals surface area contributed by atoms with E-state index >= 15 is 0 Å². The first-order valence-corrected chi connectivity index (χ1v) is 8.50. The minimum absolute atomic E-state index is 0.0874. The number of ketones is 1. The van der Waals surface area contributed by atoms with Gasteiger partial charge in [0.2, 0.25) is 0 Å². The molecule has 1 aliphatic rings. The van der Waals surface area contributed by atoms with Crippen LogP contribution < -0.4 is 10.1 Å². The van der Waals surface area contributed by atoms with Gasteiger partial charge in [-0.15, -0.1) is 0 Å². The molecule has 25 heavy (non-hydrogen) atoms. The maximum absolute atomic E-state index is 12.6. The molecular formula is C20H25NO4. The van der Waals surface area contributed by atoms with E-state index < -0.39 is 11.9 Å². The summed E-state index contributed by atoms with van der Waals surface area (Å²) in [5, 5.41) is 3.15. The number of hydrogen-bond acceptors (Lipinski definition) is 5. The fraction of sp³-hybridized carbons (Fsp3) is 0.400. The summed E-state index contributed by atoms with van der Waals surface area (Å²) in [6.07, 6.45) is 0. The predicted octanol–water partition coefficient (Wildman–Crippen LogP) is 3.47. The normalized spacial score (nSPS) is 17.2. The van der Waals surface area contributed by atoms with Crippen molar-refractivity contribution in [2.24, 2.45) is 0 Å².